The summed E-state index contributed by atoms with van der Waals surface area (Å²) in [5.41, 5.74) is 0.867. The Labute approximate surface area is 129 Å². The molecule has 1 fully saturated rings. The van der Waals surface area contributed by atoms with Crippen molar-refractivity contribution in [3.05, 3.63) is 28.3 Å². The summed E-state index contributed by atoms with van der Waals surface area (Å²) >= 11 is 2.00. The molecular formula is C14H21N3O3S. The first kappa shape index (κ1) is 15.9. The van der Waals surface area contributed by atoms with E-state index in [4.69, 9.17) is 4.74 Å². The molecule has 7 heteroatoms. The number of hydrogen-bond acceptors (Lipinski definition) is 6. The molecule has 1 aliphatic heterocycles. The Morgan fingerprint density at radius 1 is 1.43 bits per heavy atom. The van der Waals surface area contributed by atoms with Crippen LogP contribution in [0.25, 0.3) is 0 Å². The minimum absolute atomic E-state index is 0.00968. The van der Waals surface area contributed by atoms with Gasteiger partial charge in [-0.15, -0.1) is 0 Å². The number of nitrogens with zero attached hydrogens (tertiary/aromatic N) is 2. The normalized spacial score (nSPS) is 15.7. The predicted octanol–water partition coefficient (Wildman–Crippen LogP) is 2.45. The zero-order valence-electron chi connectivity index (χ0n) is 12.2. The minimum Gasteiger partial charge on any atom is -0.487 e. The standard InChI is InChI=1S/C14H21N3O3S/c1-2-20-14-11-12(3-4-13(14)17(18)19)15-5-6-16-7-9-21-10-8-16/h3-4,11,15H,2,5-10H2,1H3. The average molecular weight is 311 g/mol. The van der Waals surface area contributed by atoms with Gasteiger partial charge in [0, 0.05) is 55.5 Å². The lowest BCUT2D eigenvalue weighted by molar-refractivity contribution is -0.385. The number of anilines is 1. The third-order valence-corrected chi connectivity index (χ3v) is 4.26. The van der Waals surface area contributed by atoms with Gasteiger partial charge < -0.3 is 10.1 Å². The van der Waals surface area contributed by atoms with Crippen molar-refractivity contribution in [2.24, 2.45) is 0 Å². The largest absolute Gasteiger partial charge is 0.487 e. The highest BCUT2D eigenvalue weighted by atomic mass is 32.2. The van der Waals surface area contributed by atoms with Crippen LogP contribution in [0, 0.1) is 10.1 Å². The SMILES string of the molecule is CCOc1cc(NCCN2CCSCC2)ccc1[N+](=O)[O-]. The van der Waals surface area contributed by atoms with Crippen LogP contribution in [0.15, 0.2) is 18.2 Å². The van der Waals surface area contributed by atoms with Crippen molar-refractivity contribution in [1.82, 2.24) is 4.90 Å². The summed E-state index contributed by atoms with van der Waals surface area (Å²) in [6.45, 7) is 6.32. The van der Waals surface area contributed by atoms with E-state index in [2.05, 4.69) is 10.2 Å². The zero-order chi connectivity index (χ0) is 15.1. The van der Waals surface area contributed by atoms with E-state index in [0.717, 1.165) is 31.9 Å². The number of nitrogens with one attached hydrogen (secondary N) is 1. The van der Waals surface area contributed by atoms with Gasteiger partial charge in [0.2, 0.25) is 0 Å². The van der Waals surface area contributed by atoms with Crippen LogP contribution in [0.3, 0.4) is 0 Å². The molecule has 1 N–H and O–H groups in total. The number of thioether (sulfide) groups is 1. The van der Waals surface area contributed by atoms with Gasteiger partial charge in [0.1, 0.15) is 0 Å². The van der Waals surface area contributed by atoms with Crippen LogP contribution in [0.5, 0.6) is 5.75 Å². The summed E-state index contributed by atoms with van der Waals surface area (Å²) in [6, 6.07) is 4.92. The smallest absolute Gasteiger partial charge is 0.311 e. The highest BCUT2D eigenvalue weighted by molar-refractivity contribution is 7.99. The van der Waals surface area contributed by atoms with Crippen molar-refractivity contribution in [3.8, 4) is 5.75 Å². The first-order valence-electron chi connectivity index (χ1n) is 7.16. The molecule has 2 rings (SSSR count). The van der Waals surface area contributed by atoms with Crippen LogP contribution in [0.4, 0.5) is 11.4 Å². The van der Waals surface area contributed by atoms with Crippen molar-refractivity contribution < 1.29 is 9.66 Å². The third kappa shape index (κ3) is 4.78. The second kappa shape index (κ2) is 8.09. The van der Waals surface area contributed by atoms with Crippen molar-refractivity contribution in [2.45, 2.75) is 6.92 Å². The molecular weight excluding hydrogens is 290 g/mol. The van der Waals surface area contributed by atoms with Gasteiger partial charge in [-0.1, -0.05) is 0 Å². The highest BCUT2D eigenvalue weighted by Crippen LogP contribution is 2.30. The van der Waals surface area contributed by atoms with Gasteiger partial charge >= 0.3 is 5.69 Å². The highest BCUT2D eigenvalue weighted by Gasteiger charge is 2.15. The van der Waals surface area contributed by atoms with E-state index in [-0.39, 0.29) is 5.69 Å². The Balaban J connectivity index is 1.90. The molecule has 1 aromatic rings. The number of ether oxygens (including phenoxy) is 1. The first-order valence-corrected chi connectivity index (χ1v) is 8.31. The second-order valence-electron chi connectivity index (χ2n) is 4.75. The van der Waals surface area contributed by atoms with Crippen LogP contribution in [-0.2, 0) is 0 Å². The predicted molar refractivity (Wildman–Crippen MR) is 86.5 cm³/mol. The fourth-order valence-corrected chi connectivity index (χ4v) is 3.21. The average Bonchev–Trinajstić information content (AvgIpc) is 2.49. The van der Waals surface area contributed by atoms with Gasteiger partial charge in [-0.3, -0.25) is 15.0 Å². The Morgan fingerprint density at radius 2 is 2.19 bits per heavy atom. The summed E-state index contributed by atoms with van der Waals surface area (Å²) in [7, 11) is 0. The third-order valence-electron chi connectivity index (χ3n) is 3.32. The molecule has 0 bridgehead atoms. The summed E-state index contributed by atoms with van der Waals surface area (Å²) in [5.74, 6) is 2.72. The Bertz CT molecular complexity index is 479. The second-order valence-corrected chi connectivity index (χ2v) is 5.98. The summed E-state index contributed by atoms with van der Waals surface area (Å²) < 4.78 is 5.34. The van der Waals surface area contributed by atoms with Crippen LogP contribution < -0.4 is 10.1 Å². The Hall–Kier alpha value is -1.47. The topological polar surface area (TPSA) is 67.6 Å². The van der Waals surface area contributed by atoms with Gasteiger partial charge in [0.15, 0.2) is 5.75 Å². The van der Waals surface area contributed by atoms with Crippen molar-refractivity contribution in [3.63, 3.8) is 0 Å². The number of nitro groups is 1. The molecule has 1 aliphatic rings. The van der Waals surface area contributed by atoms with Crippen molar-refractivity contribution in [2.75, 3.05) is 49.6 Å². The number of benzene rings is 1. The van der Waals surface area contributed by atoms with Gasteiger partial charge in [-0.25, -0.2) is 0 Å². The van der Waals surface area contributed by atoms with Crippen LogP contribution in [-0.4, -0.2) is 54.1 Å². The van der Waals surface area contributed by atoms with E-state index >= 15 is 0 Å². The number of rotatable bonds is 7. The molecule has 0 aliphatic carbocycles. The molecule has 1 aromatic carbocycles. The lowest BCUT2D eigenvalue weighted by atomic mass is 10.2. The Morgan fingerprint density at radius 3 is 2.86 bits per heavy atom. The van der Waals surface area contributed by atoms with Gasteiger partial charge in [0.05, 0.1) is 11.5 Å². The molecule has 0 amide bonds. The fourth-order valence-electron chi connectivity index (χ4n) is 2.23. The lowest BCUT2D eigenvalue weighted by Gasteiger charge is -2.26. The van der Waals surface area contributed by atoms with E-state index in [1.807, 2.05) is 18.7 Å². The van der Waals surface area contributed by atoms with Crippen LogP contribution in [0.1, 0.15) is 6.92 Å². The monoisotopic (exact) mass is 311 g/mol. The van der Waals surface area contributed by atoms with E-state index < -0.39 is 4.92 Å². The molecule has 1 heterocycles. The molecule has 21 heavy (non-hydrogen) atoms. The summed E-state index contributed by atoms with van der Waals surface area (Å²) in [4.78, 5) is 12.9. The van der Waals surface area contributed by atoms with Crippen LogP contribution >= 0.6 is 11.8 Å². The van der Waals surface area contributed by atoms with Gasteiger partial charge in [-0.2, -0.15) is 11.8 Å². The minimum atomic E-state index is -0.416. The molecule has 0 saturated carbocycles. The van der Waals surface area contributed by atoms with E-state index in [9.17, 15) is 10.1 Å². The molecule has 116 valence electrons. The maximum atomic E-state index is 10.9. The zero-order valence-corrected chi connectivity index (χ0v) is 13.0. The number of nitro benzene ring substituents is 1. The summed E-state index contributed by atoms with van der Waals surface area (Å²) in [5, 5.41) is 14.2. The van der Waals surface area contributed by atoms with E-state index in [1.54, 1.807) is 12.1 Å². The molecule has 0 aromatic heterocycles. The van der Waals surface area contributed by atoms with Crippen molar-refractivity contribution >= 4 is 23.1 Å². The molecule has 0 atom stereocenters. The van der Waals surface area contributed by atoms with E-state index in [1.165, 1.54) is 17.6 Å². The molecule has 1 saturated heterocycles. The van der Waals surface area contributed by atoms with Crippen molar-refractivity contribution in [1.29, 1.82) is 0 Å². The van der Waals surface area contributed by atoms with Gasteiger partial charge in [-0.05, 0) is 13.0 Å². The first-order chi connectivity index (χ1) is 10.2. The Kier molecular flexibility index (Phi) is 6.13. The molecule has 6 nitrogen and oxygen atoms in total. The molecule has 0 unspecified atom stereocenters. The van der Waals surface area contributed by atoms with E-state index in [0.29, 0.717) is 12.4 Å². The van der Waals surface area contributed by atoms with Gasteiger partial charge in [0.25, 0.3) is 0 Å². The van der Waals surface area contributed by atoms with Crippen LogP contribution in [0.2, 0.25) is 0 Å². The maximum absolute atomic E-state index is 10.9. The number of hydrogen-bond donors (Lipinski definition) is 1. The molecule has 0 radical (unpaired) electrons. The fraction of sp³-hybridized carbons (Fsp3) is 0.571. The quantitative estimate of drug-likeness (QED) is 0.616. The molecule has 0 spiro atoms. The summed E-state index contributed by atoms with van der Waals surface area (Å²) in [6.07, 6.45) is 0. The maximum Gasteiger partial charge on any atom is 0.311 e. The lowest BCUT2D eigenvalue weighted by Crippen LogP contribution is -2.36.